The van der Waals surface area contributed by atoms with Crippen LogP contribution in [0, 0.1) is 0 Å². The largest absolute Gasteiger partial charge is 0.255 e. The lowest BCUT2D eigenvalue weighted by Crippen LogP contribution is -2.42. The summed E-state index contributed by atoms with van der Waals surface area (Å²) in [5.41, 5.74) is 4.68. The molecule has 0 spiro atoms. The van der Waals surface area contributed by atoms with Crippen LogP contribution >= 0.6 is 22.9 Å². The maximum Gasteiger partial charge on any atom is 0.0931 e. The molecular formula is C9H13ClN2S. The highest BCUT2D eigenvalue weighted by Gasteiger charge is 2.10. The van der Waals surface area contributed by atoms with Gasteiger partial charge in [0.25, 0.3) is 0 Å². The lowest BCUT2D eigenvalue weighted by atomic mass is 10.2. The first-order valence-electron chi connectivity index (χ1n) is 4.56. The Morgan fingerprint density at radius 3 is 3.08 bits per heavy atom. The number of hydrogen-bond donors (Lipinski definition) is 1. The first-order valence-corrected chi connectivity index (χ1v) is 5.82. The Balaban J connectivity index is 1.89. The molecule has 0 saturated carbocycles. The van der Waals surface area contributed by atoms with Crippen LogP contribution in [-0.4, -0.2) is 18.1 Å². The topological polar surface area (TPSA) is 15.3 Å². The third kappa shape index (κ3) is 2.68. The predicted octanol–water partition coefficient (Wildman–Crippen LogP) is 2.50. The van der Waals surface area contributed by atoms with Gasteiger partial charge in [-0.2, -0.15) is 0 Å². The summed E-state index contributed by atoms with van der Waals surface area (Å²) in [4.78, 5) is 0. The van der Waals surface area contributed by atoms with E-state index >= 15 is 0 Å². The molecule has 1 saturated heterocycles. The number of halogens is 1. The summed E-state index contributed by atoms with van der Waals surface area (Å²) in [7, 11) is 0. The van der Waals surface area contributed by atoms with Crippen LogP contribution in [0.1, 0.15) is 18.4 Å². The average Bonchev–Trinajstić information content (AvgIpc) is 2.53. The molecular weight excluding hydrogens is 204 g/mol. The van der Waals surface area contributed by atoms with Crippen molar-refractivity contribution in [2.24, 2.45) is 0 Å². The molecule has 1 aliphatic heterocycles. The summed E-state index contributed by atoms with van der Waals surface area (Å²) in [6, 6.07) is 2.04. The van der Waals surface area contributed by atoms with Crippen molar-refractivity contribution in [1.29, 1.82) is 0 Å². The van der Waals surface area contributed by atoms with Crippen LogP contribution in [0.4, 0.5) is 0 Å². The molecule has 2 rings (SSSR count). The SMILES string of the molecule is Clc1cc(CN2CCCCN2)cs1. The molecule has 1 fully saturated rings. The van der Waals surface area contributed by atoms with Crippen molar-refractivity contribution in [2.45, 2.75) is 19.4 Å². The summed E-state index contributed by atoms with van der Waals surface area (Å²) in [5, 5.41) is 4.39. The fraction of sp³-hybridized carbons (Fsp3) is 0.556. The third-order valence-electron chi connectivity index (χ3n) is 2.19. The monoisotopic (exact) mass is 216 g/mol. The maximum atomic E-state index is 5.86. The van der Waals surface area contributed by atoms with Gasteiger partial charge in [0.15, 0.2) is 0 Å². The van der Waals surface area contributed by atoms with Crippen LogP contribution in [0.2, 0.25) is 4.34 Å². The quantitative estimate of drug-likeness (QED) is 0.818. The lowest BCUT2D eigenvalue weighted by molar-refractivity contribution is 0.144. The predicted molar refractivity (Wildman–Crippen MR) is 57.0 cm³/mol. The summed E-state index contributed by atoms with van der Waals surface area (Å²) in [5.74, 6) is 0. The molecule has 0 radical (unpaired) electrons. The van der Waals surface area contributed by atoms with Crippen LogP contribution in [0.25, 0.3) is 0 Å². The molecule has 0 aromatic carbocycles. The zero-order valence-electron chi connectivity index (χ0n) is 7.42. The van der Waals surface area contributed by atoms with E-state index < -0.39 is 0 Å². The Morgan fingerprint density at radius 1 is 1.54 bits per heavy atom. The molecule has 2 heterocycles. The van der Waals surface area contributed by atoms with E-state index in [9.17, 15) is 0 Å². The van der Waals surface area contributed by atoms with E-state index in [2.05, 4.69) is 15.8 Å². The molecule has 0 bridgehead atoms. The van der Waals surface area contributed by atoms with E-state index in [-0.39, 0.29) is 0 Å². The highest BCUT2D eigenvalue weighted by atomic mass is 35.5. The summed E-state index contributed by atoms with van der Waals surface area (Å²) in [6.07, 6.45) is 2.59. The second kappa shape index (κ2) is 4.42. The van der Waals surface area contributed by atoms with Crippen molar-refractivity contribution in [1.82, 2.24) is 10.4 Å². The standard InChI is InChI=1S/C9H13ClN2S/c10-9-5-8(7-13-9)6-12-4-2-1-3-11-12/h5,7,11H,1-4,6H2. The van der Waals surface area contributed by atoms with Gasteiger partial charge in [0, 0.05) is 19.6 Å². The van der Waals surface area contributed by atoms with Crippen molar-refractivity contribution in [3.8, 4) is 0 Å². The van der Waals surface area contributed by atoms with Gasteiger partial charge in [-0.1, -0.05) is 11.6 Å². The van der Waals surface area contributed by atoms with E-state index in [1.54, 1.807) is 11.3 Å². The van der Waals surface area contributed by atoms with Gasteiger partial charge in [-0.15, -0.1) is 11.3 Å². The Kier molecular flexibility index (Phi) is 3.22. The van der Waals surface area contributed by atoms with Crippen molar-refractivity contribution in [2.75, 3.05) is 13.1 Å². The fourth-order valence-corrected chi connectivity index (χ4v) is 2.43. The fourth-order valence-electron chi connectivity index (χ4n) is 1.53. The van der Waals surface area contributed by atoms with Gasteiger partial charge in [-0.25, -0.2) is 5.01 Å². The summed E-state index contributed by atoms with van der Waals surface area (Å²) < 4.78 is 0.881. The molecule has 0 amide bonds. The summed E-state index contributed by atoms with van der Waals surface area (Å²) >= 11 is 7.46. The molecule has 1 aliphatic rings. The Bertz CT molecular complexity index is 268. The Hall–Kier alpha value is -0.0900. The number of hydrogen-bond acceptors (Lipinski definition) is 3. The van der Waals surface area contributed by atoms with Gasteiger partial charge >= 0.3 is 0 Å². The van der Waals surface area contributed by atoms with Crippen molar-refractivity contribution in [3.63, 3.8) is 0 Å². The molecule has 0 aliphatic carbocycles. The van der Waals surface area contributed by atoms with Crippen LogP contribution in [0.5, 0.6) is 0 Å². The van der Waals surface area contributed by atoms with Crippen LogP contribution in [0.3, 0.4) is 0 Å². The molecule has 0 unspecified atom stereocenters. The van der Waals surface area contributed by atoms with Crippen LogP contribution < -0.4 is 5.43 Å². The third-order valence-corrected chi connectivity index (χ3v) is 3.33. The van der Waals surface area contributed by atoms with E-state index in [0.717, 1.165) is 24.0 Å². The summed E-state index contributed by atoms with van der Waals surface area (Å²) in [6.45, 7) is 3.23. The van der Waals surface area contributed by atoms with Gasteiger partial charge in [-0.05, 0) is 29.9 Å². The zero-order valence-corrected chi connectivity index (χ0v) is 9.00. The Labute approximate surface area is 87.5 Å². The van der Waals surface area contributed by atoms with E-state index in [0.29, 0.717) is 0 Å². The van der Waals surface area contributed by atoms with E-state index in [4.69, 9.17) is 11.6 Å². The molecule has 4 heteroatoms. The minimum absolute atomic E-state index is 0.881. The smallest absolute Gasteiger partial charge is 0.0931 e. The first-order chi connectivity index (χ1) is 6.34. The van der Waals surface area contributed by atoms with Gasteiger partial charge in [0.1, 0.15) is 0 Å². The van der Waals surface area contributed by atoms with E-state index in [1.807, 2.05) is 6.07 Å². The first kappa shape index (κ1) is 9.46. The maximum absolute atomic E-state index is 5.86. The molecule has 1 N–H and O–H groups in total. The molecule has 1 aromatic rings. The van der Waals surface area contributed by atoms with Gasteiger partial charge < -0.3 is 0 Å². The number of hydrazine groups is 1. The Morgan fingerprint density at radius 2 is 2.46 bits per heavy atom. The minimum atomic E-state index is 0.881. The normalized spacial score (nSPS) is 19.2. The lowest BCUT2D eigenvalue weighted by Gasteiger charge is -2.27. The van der Waals surface area contributed by atoms with Crippen molar-refractivity contribution in [3.05, 3.63) is 21.3 Å². The van der Waals surface area contributed by atoms with Crippen LogP contribution in [0.15, 0.2) is 11.4 Å². The second-order valence-electron chi connectivity index (χ2n) is 3.30. The van der Waals surface area contributed by atoms with Crippen LogP contribution in [-0.2, 0) is 6.54 Å². The minimum Gasteiger partial charge on any atom is -0.255 e. The van der Waals surface area contributed by atoms with E-state index in [1.165, 1.54) is 18.4 Å². The number of rotatable bonds is 2. The highest BCUT2D eigenvalue weighted by Crippen LogP contribution is 2.21. The highest BCUT2D eigenvalue weighted by molar-refractivity contribution is 7.14. The molecule has 0 atom stereocenters. The molecule has 2 nitrogen and oxygen atoms in total. The zero-order chi connectivity index (χ0) is 9.10. The molecule has 1 aromatic heterocycles. The van der Waals surface area contributed by atoms with Crippen molar-refractivity contribution >= 4 is 22.9 Å². The number of nitrogens with one attached hydrogen (secondary N) is 1. The average molecular weight is 217 g/mol. The van der Waals surface area contributed by atoms with Gasteiger partial charge in [-0.3, -0.25) is 5.43 Å². The van der Waals surface area contributed by atoms with Gasteiger partial charge in [0.2, 0.25) is 0 Å². The number of nitrogens with zero attached hydrogens (tertiary/aromatic N) is 1. The van der Waals surface area contributed by atoms with Crippen molar-refractivity contribution < 1.29 is 0 Å². The van der Waals surface area contributed by atoms with Gasteiger partial charge in [0.05, 0.1) is 4.34 Å². The second-order valence-corrected chi connectivity index (χ2v) is 4.84. The number of thiophene rings is 1. The molecule has 72 valence electrons. The molecule has 13 heavy (non-hydrogen) atoms.